The Balaban J connectivity index is 2.23. The minimum atomic E-state index is -3.58. The Labute approximate surface area is 229 Å². The van der Waals surface area contributed by atoms with Crippen molar-refractivity contribution in [3.05, 3.63) is 58.1 Å². The average Bonchev–Trinajstić information content (AvgIpc) is 2.82. The monoisotopic (exact) mass is 571 g/mol. The summed E-state index contributed by atoms with van der Waals surface area (Å²) in [6.45, 7) is 5.82. The summed E-state index contributed by atoms with van der Waals surface area (Å²) in [6.07, 6.45) is 1.85. The van der Waals surface area contributed by atoms with Crippen molar-refractivity contribution in [3.8, 4) is 5.75 Å². The van der Waals surface area contributed by atoms with E-state index in [4.69, 9.17) is 27.9 Å². The molecule has 2 aromatic rings. The first-order valence-electron chi connectivity index (χ1n) is 12.0. The number of ether oxygens (including phenoxy) is 1. The predicted octanol–water partition coefficient (Wildman–Crippen LogP) is 4.88. The van der Waals surface area contributed by atoms with Gasteiger partial charge in [-0.15, -0.1) is 0 Å². The van der Waals surface area contributed by atoms with Gasteiger partial charge in [0.15, 0.2) is 0 Å². The van der Waals surface area contributed by atoms with E-state index in [1.165, 1.54) is 16.3 Å². The van der Waals surface area contributed by atoms with Crippen molar-refractivity contribution >= 4 is 50.7 Å². The minimum Gasteiger partial charge on any atom is -0.497 e. The highest BCUT2D eigenvalue weighted by Crippen LogP contribution is 2.25. The summed E-state index contributed by atoms with van der Waals surface area (Å²) in [7, 11) is -2.05. The number of rotatable bonds is 13. The smallest absolute Gasteiger partial charge is 0.243 e. The number of sulfonamides is 1. The van der Waals surface area contributed by atoms with Crippen LogP contribution in [0.3, 0.4) is 0 Å². The van der Waals surface area contributed by atoms with Crippen molar-refractivity contribution in [1.82, 2.24) is 10.2 Å². The van der Waals surface area contributed by atoms with Crippen molar-refractivity contribution in [2.75, 3.05) is 24.2 Å². The number of hydrogen-bond donors (Lipinski definition) is 1. The van der Waals surface area contributed by atoms with Gasteiger partial charge in [-0.05, 0) is 68.7 Å². The van der Waals surface area contributed by atoms with Crippen LogP contribution in [0.5, 0.6) is 5.75 Å². The summed E-state index contributed by atoms with van der Waals surface area (Å²) in [5.74, 6) is 0.0949. The number of carbonyl (C=O) groups excluding carboxylic acids is 2. The lowest BCUT2D eigenvalue weighted by Crippen LogP contribution is -2.50. The molecule has 0 heterocycles. The predicted molar refractivity (Wildman–Crippen MR) is 149 cm³/mol. The first-order chi connectivity index (χ1) is 17.4. The highest BCUT2D eigenvalue weighted by Gasteiger charge is 2.29. The lowest BCUT2D eigenvalue weighted by molar-refractivity contribution is -0.141. The number of anilines is 1. The Hall–Kier alpha value is -2.49. The molecular formula is C26H35Cl2N3O5S. The molecule has 37 heavy (non-hydrogen) atoms. The van der Waals surface area contributed by atoms with Gasteiger partial charge >= 0.3 is 0 Å². The molecule has 1 N–H and O–H groups in total. The maximum atomic E-state index is 13.4. The number of methoxy groups -OCH3 is 1. The fourth-order valence-corrected chi connectivity index (χ4v) is 5.17. The van der Waals surface area contributed by atoms with Crippen molar-refractivity contribution in [2.45, 2.75) is 58.7 Å². The fourth-order valence-electron chi connectivity index (χ4n) is 3.89. The van der Waals surface area contributed by atoms with Crippen LogP contribution >= 0.6 is 23.2 Å². The van der Waals surface area contributed by atoms with Gasteiger partial charge in [-0.25, -0.2) is 8.42 Å². The first kappa shape index (κ1) is 30.7. The molecular weight excluding hydrogens is 537 g/mol. The van der Waals surface area contributed by atoms with Gasteiger partial charge < -0.3 is 15.0 Å². The van der Waals surface area contributed by atoms with Gasteiger partial charge in [0.1, 0.15) is 11.8 Å². The van der Waals surface area contributed by atoms with Crippen molar-refractivity contribution in [2.24, 2.45) is 0 Å². The van der Waals surface area contributed by atoms with Gasteiger partial charge in [0, 0.05) is 25.6 Å². The van der Waals surface area contributed by atoms with Crippen molar-refractivity contribution in [3.63, 3.8) is 0 Å². The topological polar surface area (TPSA) is 96.0 Å². The number of halogens is 2. The van der Waals surface area contributed by atoms with Gasteiger partial charge in [-0.2, -0.15) is 0 Å². The average molecular weight is 573 g/mol. The second kappa shape index (κ2) is 13.9. The van der Waals surface area contributed by atoms with E-state index >= 15 is 0 Å². The lowest BCUT2D eigenvalue weighted by Gasteiger charge is -2.31. The SMILES string of the molecule is CC[C@H](C(=O)NC(C)C)N(Cc1ccc(Cl)c(Cl)c1)C(=O)CCCN(c1ccc(OC)cc1)S(C)(=O)=O. The second-order valence-corrected chi connectivity index (χ2v) is 11.7. The molecule has 2 rings (SSSR count). The summed E-state index contributed by atoms with van der Waals surface area (Å²) in [6, 6.07) is 11.0. The molecule has 0 aliphatic rings. The maximum Gasteiger partial charge on any atom is 0.243 e. The van der Waals surface area contributed by atoms with Crippen LogP contribution in [0, 0.1) is 0 Å². The van der Waals surface area contributed by atoms with Crippen LogP contribution < -0.4 is 14.4 Å². The van der Waals surface area contributed by atoms with Crippen LogP contribution in [-0.2, 0) is 26.2 Å². The molecule has 0 saturated heterocycles. The van der Waals surface area contributed by atoms with Gasteiger partial charge in [0.2, 0.25) is 21.8 Å². The molecule has 204 valence electrons. The summed E-state index contributed by atoms with van der Waals surface area (Å²) < 4.78 is 31.3. The Morgan fingerprint density at radius 1 is 1.05 bits per heavy atom. The van der Waals surface area contributed by atoms with Gasteiger partial charge in [-0.3, -0.25) is 13.9 Å². The largest absolute Gasteiger partial charge is 0.497 e. The van der Waals surface area contributed by atoms with E-state index in [0.717, 1.165) is 11.8 Å². The summed E-state index contributed by atoms with van der Waals surface area (Å²) in [4.78, 5) is 27.9. The Morgan fingerprint density at radius 2 is 1.70 bits per heavy atom. The van der Waals surface area contributed by atoms with Crippen LogP contribution in [0.25, 0.3) is 0 Å². The third-order valence-corrected chi connectivity index (χ3v) is 7.60. The molecule has 2 amide bonds. The molecule has 8 nitrogen and oxygen atoms in total. The van der Waals surface area contributed by atoms with Gasteiger partial charge in [-0.1, -0.05) is 36.2 Å². The molecule has 0 saturated carbocycles. The fraction of sp³-hybridized carbons (Fsp3) is 0.462. The lowest BCUT2D eigenvalue weighted by atomic mass is 10.1. The molecule has 0 bridgehead atoms. The standard InChI is InChI=1S/C26H35Cl2N3O5S/c1-6-24(26(33)29-18(2)3)30(17-19-9-14-22(27)23(28)16-19)25(32)8-7-15-31(37(5,34)35)20-10-12-21(36-4)13-11-20/h9-14,16,18,24H,6-8,15,17H2,1-5H3,(H,29,33)/t24-/m1/s1. The normalized spacial score (nSPS) is 12.2. The molecule has 11 heteroatoms. The van der Waals surface area contributed by atoms with Gasteiger partial charge in [0.25, 0.3) is 0 Å². The quantitative estimate of drug-likeness (QED) is 0.369. The maximum absolute atomic E-state index is 13.4. The second-order valence-electron chi connectivity index (χ2n) is 8.99. The number of nitrogens with zero attached hydrogens (tertiary/aromatic N) is 2. The zero-order chi connectivity index (χ0) is 27.8. The van der Waals surface area contributed by atoms with Crippen LogP contribution in [0.2, 0.25) is 10.0 Å². The summed E-state index contributed by atoms with van der Waals surface area (Å²) >= 11 is 12.2. The van der Waals surface area contributed by atoms with E-state index < -0.39 is 16.1 Å². The third kappa shape index (κ3) is 9.09. The number of hydrogen-bond acceptors (Lipinski definition) is 5. The van der Waals surface area contributed by atoms with E-state index in [0.29, 0.717) is 27.9 Å². The van der Waals surface area contributed by atoms with Crippen LogP contribution in [0.4, 0.5) is 5.69 Å². The zero-order valence-electron chi connectivity index (χ0n) is 21.8. The molecule has 0 radical (unpaired) electrons. The summed E-state index contributed by atoms with van der Waals surface area (Å²) in [5.41, 5.74) is 1.21. The molecule has 0 aliphatic heterocycles. The number of carbonyl (C=O) groups is 2. The van der Waals surface area contributed by atoms with E-state index in [9.17, 15) is 18.0 Å². The first-order valence-corrected chi connectivity index (χ1v) is 14.6. The summed E-state index contributed by atoms with van der Waals surface area (Å²) in [5, 5.41) is 3.63. The Morgan fingerprint density at radius 3 is 2.22 bits per heavy atom. The number of nitrogens with one attached hydrogen (secondary N) is 1. The minimum absolute atomic E-state index is 0.0506. The zero-order valence-corrected chi connectivity index (χ0v) is 24.2. The van der Waals surface area contributed by atoms with Crippen LogP contribution in [0.1, 0.15) is 45.6 Å². The highest BCUT2D eigenvalue weighted by atomic mass is 35.5. The number of benzene rings is 2. The van der Waals surface area contributed by atoms with E-state index in [1.54, 1.807) is 42.5 Å². The van der Waals surface area contributed by atoms with E-state index in [-0.39, 0.29) is 43.8 Å². The molecule has 0 fully saturated rings. The van der Waals surface area contributed by atoms with Crippen LogP contribution in [-0.4, -0.2) is 57.1 Å². The third-order valence-electron chi connectivity index (χ3n) is 5.67. The van der Waals surface area contributed by atoms with E-state index in [2.05, 4.69) is 5.32 Å². The Bertz CT molecular complexity index is 1170. The van der Waals surface area contributed by atoms with Crippen molar-refractivity contribution < 1.29 is 22.7 Å². The molecule has 0 unspecified atom stereocenters. The molecule has 1 atom stereocenters. The van der Waals surface area contributed by atoms with Crippen LogP contribution in [0.15, 0.2) is 42.5 Å². The molecule has 2 aromatic carbocycles. The Kier molecular flexibility index (Phi) is 11.5. The van der Waals surface area contributed by atoms with E-state index in [1.807, 2.05) is 20.8 Å². The van der Waals surface area contributed by atoms with Crippen molar-refractivity contribution in [1.29, 1.82) is 0 Å². The molecule has 0 aliphatic carbocycles. The van der Waals surface area contributed by atoms with Gasteiger partial charge in [0.05, 0.1) is 29.1 Å². The number of amides is 2. The molecule has 0 spiro atoms. The molecule has 0 aromatic heterocycles. The highest BCUT2D eigenvalue weighted by molar-refractivity contribution is 7.92.